The fraction of sp³-hybridized carbons (Fsp3) is 0.571. The van der Waals surface area contributed by atoms with Crippen LogP contribution in [-0.4, -0.2) is 35.5 Å². The number of rotatable bonds is 3. The van der Waals surface area contributed by atoms with E-state index in [2.05, 4.69) is 10.2 Å². The van der Waals surface area contributed by atoms with Gasteiger partial charge in [-0.05, 0) is 44.4 Å². The zero-order valence-corrected chi connectivity index (χ0v) is 11.1. The Morgan fingerprint density at radius 3 is 2.89 bits per heavy atom. The van der Waals surface area contributed by atoms with Crippen molar-refractivity contribution in [1.29, 1.82) is 0 Å². The molecule has 0 aromatic heterocycles. The third-order valence-electron chi connectivity index (χ3n) is 4.38. The van der Waals surface area contributed by atoms with Gasteiger partial charge in [-0.3, -0.25) is 10.1 Å². The summed E-state index contributed by atoms with van der Waals surface area (Å²) in [6.45, 7) is 5.38. The summed E-state index contributed by atoms with van der Waals surface area (Å²) in [4.78, 5) is 13.0. The Balaban J connectivity index is 1.73. The third kappa shape index (κ3) is 2.42. The van der Waals surface area contributed by atoms with Gasteiger partial charge in [0.15, 0.2) is 0 Å². The Bertz CT molecular complexity index is 503. The van der Waals surface area contributed by atoms with Crippen LogP contribution < -0.4 is 5.32 Å². The number of nitrogens with one attached hydrogen (secondary N) is 1. The van der Waals surface area contributed by atoms with Gasteiger partial charge in [-0.25, -0.2) is 0 Å². The summed E-state index contributed by atoms with van der Waals surface area (Å²) in [5.74, 6) is 0.726. The lowest BCUT2D eigenvalue weighted by molar-refractivity contribution is -0.385. The molecule has 2 saturated heterocycles. The van der Waals surface area contributed by atoms with E-state index in [0.29, 0.717) is 6.04 Å². The highest BCUT2D eigenvalue weighted by Crippen LogP contribution is 2.30. The average molecular weight is 261 g/mol. The van der Waals surface area contributed by atoms with Gasteiger partial charge in [0.2, 0.25) is 0 Å². The van der Waals surface area contributed by atoms with Crippen LogP contribution in [0.4, 0.5) is 11.4 Å². The van der Waals surface area contributed by atoms with Gasteiger partial charge in [-0.15, -0.1) is 0 Å². The van der Waals surface area contributed by atoms with Crippen molar-refractivity contribution in [3.05, 3.63) is 33.9 Å². The van der Waals surface area contributed by atoms with Gasteiger partial charge in [0.05, 0.1) is 4.92 Å². The van der Waals surface area contributed by atoms with Crippen LogP contribution in [0.25, 0.3) is 0 Å². The van der Waals surface area contributed by atoms with E-state index < -0.39 is 0 Å². The van der Waals surface area contributed by atoms with Crippen molar-refractivity contribution < 1.29 is 4.92 Å². The van der Waals surface area contributed by atoms with E-state index in [1.165, 1.54) is 32.5 Å². The summed E-state index contributed by atoms with van der Waals surface area (Å²) < 4.78 is 0. The van der Waals surface area contributed by atoms with Gasteiger partial charge in [-0.2, -0.15) is 0 Å². The Kier molecular flexibility index (Phi) is 3.14. The minimum absolute atomic E-state index is 0.196. The maximum Gasteiger partial charge on any atom is 0.272 e. The summed E-state index contributed by atoms with van der Waals surface area (Å²) in [7, 11) is 0. The first-order valence-electron chi connectivity index (χ1n) is 6.87. The number of hydrogen-bond acceptors (Lipinski definition) is 4. The Hall–Kier alpha value is -1.62. The van der Waals surface area contributed by atoms with E-state index in [4.69, 9.17) is 0 Å². The molecular weight excluding hydrogens is 242 g/mol. The highest BCUT2D eigenvalue weighted by atomic mass is 16.6. The molecule has 0 radical (unpaired) electrons. The normalized spacial score (nSPS) is 29.2. The fourth-order valence-corrected chi connectivity index (χ4v) is 3.31. The van der Waals surface area contributed by atoms with E-state index >= 15 is 0 Å². The standard InChI is InChI=1S/C14H19N3O2/c1-10-8-12(2-3-14(10)17(18)19)15-13-5-7-16-6-4-11(13)9-16/h2-3,8,11,13,15H,4-7,9H2,1H3. The summed E-state index contributed by atoms with van der Waals surface area (Å²) >= 11 is 0. The minimum Gasteiger partial charge on any atom is -0.382 e. The van der Waals surface area contributed by atoms with Gasteiger partial charge in [0.25, 0.3) is 5.69 Å². The van der Waals surface area contributed by atoms with E-state index in [9.17, 15) is 10.1 Å². The molecule has 2 heterocycles. The Morgan fingerprint density at radius 2 is 2.16 bits per heavy atom. The highest BCUT2D eigenvalue weighted by molar-refractivity contribution is 5.54. The molecule has 3 rings (SSSR count). The number of nitrogens with zero attached hydrogens (tertiary/aromatic N) is 2. The van der Waals surface area contributed by atoms with Crippen molar-refractivity contribution in [3.8, 4) is 0 Å². The lowest BCUT2D eigenvalue weighted by Gasteiger charge is -2.31. The predicted molar refractivity (Wildman–Crippen MR) is 74.4 cm³/mol. The minimum atomic E-state index is -0.325. The molecule has 1 aromatic rings. The molecule has 5 nitrogen and oxygen atoms in total. The molecule has 5 heteroatoms. The van der Waals surface area contributed by atoms with Crippen molar-refractivity contribution >= 4 is 11.4 Å². The SMILES string of the molecule is Cc1cc(NC2CCN3CCC2C3)ccc1[N+](=O)[O-]. The second-order valence-corrected chi connectivity index (χ2v) is 5.65. The molecule has 2 aliphatic heterocycles. The first-order chi connectivity index (χ1) is 9.13. The number of hydrogen-bond donors (Lipinski definition) is 1. The maximum atomic E-state index is 10.8. The van der Waals surface area contributed by atoms with Crippen LogP contribution in [0.15, 0.2) is 18.2 Å². The summed E-state index contributed by atoms with van der Waals surface area (Å²) in [6, 6.07) is 5.83. The van der Waals surface area contributed by atoms with Crippen LogP contribution in [-0.2, 0) is 0 Å². The number of fused-ring (bicyclic) bond motifs is 2. The zero-order chi connectivity index (χ0) is 13.4. The van der Waals surface area contributed by atoms with Crippen LogP contribution >= 0.6 is 0 Å². The lowest BCUT2D eigenvalue weighted by Crippen LogP contribution is -2.39. The molecule has 0 aliphatic carbocycles. The molecule has 102 valence electrons. The second kappa shape index (κ2) is 4.81. The Labute approximate surface area is 112 Å². The van der Waals surface area contributed by atoms with Gasteiger partial charge in [-0.1, -0.05) is 0 Å². The van der Waals surface area contributed by atoms with E-state index in [-0.39, 0.29) is 10.6 Å². The van der Waals surface area contributed by atoms with Crippen LogP contribution in [0.1, 0.15) is 18.4 Å². The first-order valence-corrected chi connectivity index (χ1v) is 6.87. The number of aryl methyl sites for hydroxylation is 1. The molecule has 2 fully saturated rings. The molecule has 1 aromatic carbocycles. The third-order valence-corrected chi connectivity index (χ3v) is 4.38. The van der Waals surface area contributed by atoms with Gasteiger partial charge in [0, 0.05) is 36.4 Å². The van der Waals surface area contributed by atoms with Crippen LogP contribution in [0.3, 0.4) is 0 Å². The largest absolute Gasteiger partial charge is 0.382 e. The van der Waals surface area contributed by atoms with E-state index in [1.54, 1.807) is 13.0 Å². The molecule has 0 amide bonds. The smallest absolute Gasteiger partial charge is 0.272 e. The maximum absolute atomic E-state index is 10.8. The molecule has 0 spiro atoms. The molecule has 3 unspecified atom stereocenters. The Morgan fingerprint density at radius 1 is 1.37 bits per heavy atom. The van der Waals surface area contributed by atoms with Gasteiger partial charge < -0.3 is 10.2 Å². The predicted octanol–water partition coefficient (Wildman–Crippen LogP) is 2.41. The highest BCUT2D eigenvalue weighted by Gasteiger charge is 2.34. The average Bonchev–Trinajstić information content (AvgIpc) is 2.75. The quantitative estimate of drug-likeness (QED) is 0.670. The lowest BCUT2D eigenvalue weighted by atomic mass is 9.94. The van der Waals surface area contributed by atoms with Crippen molar-refractivity contribution in [2.24, 2.45) is 5.92 Å². The molecule has 2 aliphatic rings. The van der Waals surface area contributed by atoms with Crippen LogP contribution in [0.2, 0.25) is 0 Å². The molecular formula is C14H19N3O2. The number of benzene rings is 1. The van der Waals surface area contributed by atoms with E-state index in [1.807, 2.05) is 12.1 Å². The van der Waals surface area contributed by atoms with Crippen molar-refractivity contribution in [3.63, 3.8) is 0 Å². The van der Waals surface area contributed by atoms with Crippen molar-refractivity contribution in [1.82, 2.24) is 4.90 Å². The number of anilines is 1. The van der Waals surface area contributed by atoms with Crippen LogP contribution in [0.5, 0.6) is 0 Å². The fourth-order valence-electron chi connectivity index (χ4n) is 3.31. The molecule has 3 atom stereocenters. The molecule has 2 bridgehead atoms. The molecule has 19 heavy (non-hydrogen) atoms. The zero-order valence-electron chi connectivity index (χ0n) is 11.1. The van der Waals surface area contributed by atoms with Crippen molar-refractivity contribution in [2.75, 3.05) is 25.0 Å². The van der Waals surface area contributed by atoms with Crippen LogP contribution in [0, 0.1) is 23.0 Å². The first kappa shape index (κ1) is 12.4. The monoisotopic (exact) mass is 261 g/mol. The van der Waals surface area contributed by atoms with Gasteiger partial charge in [0.1, 0.15) is 0 Å². The number of nitro benzene ring substituents is 1. The van der Waals surface area contributed by atoms with E-state index in [0.717, 1.165) is 17.2 Å². The summed E-state index contributed by atoms with van der Waals surface area (Å²) in [5.41, 5.74) is 1.92. The number of piperidine rings is 1. The molecule has 1 N–H and O–H groups in total. The summed E-state index contributed by atoms with van der Waals surface area (Å²) in [5, 5.41) is 14.4. The van der Waals surface area contributed by atoms with Gasteiger partial charge >= 0.3 is 0 Å². The topological polar surface area (TPSA) is 58.4 Å². The second-order valence-electron chi connectivity index (χ2n) is 5.65. The molecule has 0 saturated carbocycles. The summed E-state index contributed by atoms with van der Waals surface area (Å²) in [6.07, 6.45) is 2.43. The van der Waals surface area contributed by atoms with Crippen molar-refractivity contribution in [2.45, 2.75) is 25.8 Å². The number of nitro groups is 1.